The Bertz CT molecular complexity index is 2410. The number of alkyl halides is 3. The molecule has 0 spiro atoms. The van der Waals surface area contributed by atoms with Gasteiger partial charge in [0.2, 0.25) is 11.7 Å². The highest BCUT2D eigenvalue weighted by molar-refractivity contribution is 6.33. The van der Waals surface area contributed by atoms with Crippen molar-refractivity contribution in [2.45, 2.75) is 51.9 Å². The van der Waals surface area contributed by atoms with Gasteiger partial charge in [-0.15, -0.1) is 5.10 Å². The summed E-state index contributed by atoms with van der Waals surface area (Å²) in [5, 5.41) is 17.1. The molecule has 55 heavy (non-hydrogen) atoms. The lowest BCUT2D eigenvalue weighted by Gasteiger charge is -2.36. The molecule has 0 bridgehead atoms. The lowest BCUT2D eigenvalue weighted by molar-refractivity contribution is -0.137. The van der Waals surface area contributed by atoms with Crippen LogP contribution < -0.4 is 15.8 Å². The molecule has 1 fully saturated rings. The summed E-state index contributed by atoms with van der Waals surface area (Å²) in [6.45, 7) is 3.43. The van der Waals surface area contributed by atoms with E-state index in [2.05, 4.69) is 25.4 Å². The molecule has 7 rings (SSSR count). The van der Waals surface area contributed by atoms with Gasteiger partial charge in [-0.05, 0) is 67.6 Å². The molecule has 1 unspecified atom stereocenters. The van der Waals surface area contributed by atoms with Crippen LogP contribution in [0.15, 0.2) is 41.5 Å². The van der Waals surface area contributed by atoms with E-state index in [1.54, 1.807) is 31.9 Å². The van der Waals surface area contributed by atoms with Crippen LogP contribution in [0.5, 0.6) is 5.75 Å². The summed E-state index contributed by atoms with van der Waals surface area (Å²) in [5.41, 5.74) is 0.564. The van der Waals surface area contributed by atoms with Crippen molar-refractivity contribution >= 4 is 40.6 Å². The molecule has 288 valence electrons. The van der Waals surface area contributed by atoms with Gasteiger partial charge in [-0.1, -0.05) is 18.5 Å². The smallest absolute Gasteiger partial charge is 0.416 e. The van der Waals surface area contributed by atoms with Crippen molar-refractivity contribution in [3.63, 3.8) is 0 Å². The fraction of sp³-hybridized carbons (Fsp3) is 0.361. The minimum Gasteiger partial charge on any atom is -0.504 e. The van der Waals surface area contributed by atoms with Crippen LogP contribution in [0.4, 0.5) is 28.9 Å². The molecule has 19 heteroatoms. The number of ether oxygens (including phenoxy) is 1. The number of aromatic nitrogens is 6. The Morgan fingerprint density at radius 2 is 1.85 bits per heavy atom. The molecule has 1 atom stereocenters. The summed E-state index contributed by atoms with van der Waals surface area (Å²) in [6, 6.07) is 5.53. The summed E-state index contributed by atoms with van der Waals surface area (Å²) in [4.78, 5) is 56.9. The monoisotopic (exact) mass is 783 g/mol. The maximum Gasteiger partial charge on any atom is 0.416 e. The van der Waals surface area contributed by atoms with Crippen molar-refractivity contribution in [3.8, 4) is 17.1 Å². The van der Waals surface area contributed by atoms with E-state index in [1.165, 1.54) is 21.9 Å². The van der Waals surface area contributed by atoms with E-state index in [1.807, 2.05) is 0 Å². The van der Waals surface area contributed by atoms with Crippen LogP contribution in [-0.2, 0) is 35.1 Å². The van der Waals surface area contributed by atoms with E-state index in [-0.39, 0.29) is 89.4 Å². The Morgan fingerprint density at radius 1 is 1.11 bits per heavy atom. The van der Waals surface area contributed by atoms with Crippen LogP contribution >= 0.6 is 11.6 Å². The molecule has 0 saturated carbocycles. The van der Waals surface area contributed by atoms with Crippen LogP contribution in [0.3, 0.4) is 0 Å². The zero-order valence-corrected chi connectivity index (χ0v) is 30.5. The fourth-order valence-corrected chi connectivity index (χ4v) is 7.31. The SMILES string of the molecule is CCc1c(N2CCN(C(=O)c3ncnc(C)c3O)CC2)c(=O)n2nc(-c3cc4c(cc3F)C(OC)CC4)nc2n1CC(=O)Nc1ccc(C(F)(F)F)cc1Cl. The first-order valence-corrected chi connectivity index (χ1v) is 17.7. The zero-order valence-electron chi connectivity index (χ0n) is 29.7. The molecule has 1 saturated heterocycles. The average molecular weight is 784 g/mol. The molecule has 2 aromatic carbocycles. The number of carbonyl (C=O) groups excluding carboxylic acids is 2. The summed E-state index contributed by atoms with van der Waals surface area (Å²) < 4.78 is 63.4. The molecule has 2 aliphatic rings. The minimum absolute atomic E-state index is 0.0427. The molecule has 4 heterocycles. The van der Waals surface area contributed by atoms with Crippen LogP contribution in [0.2, 0.25) is 5.02 Å². The normalized spacial score (nSPS) is 15.8. The second-order valence-electron chi connectivity index (χ2n) is 13.2. The quantitative estimate of drug-likeness (QED) is 0.206. The van der Waals surface area contributed by atoms with E-state index >= 15 is 4.39 Å². The number of anilines is 2. The van der Waals surface area contributed by atoms with Gasteiger partial charge in [0, 0.05) is 33.3 Å². The average Bonchev–Trinajstić information content (AvgIpc) is 3.78. The van der Waals surface area contributed by atoms with E-state index in [4.69, 9.17) is 16.3 Å². The van der Waals surface area contributed by atoms with Crippen molar-refractivity contribution in [2.75, 3.05) is 43.5 Å². The molecular weight excluding hydrogens is 750 g/mol. The number of carbonyl (C=O) groups is 2. The van der Waals surface area contributed by atoms with Crippen LogP contribution in [0.25, 0.3) is 17.2 Å². The van der Waals surface area contributed by atoms with E-state index in [0.29, 0.717) is 30.2 Å². The molecule has 0 radical (unpaired) electrons. The maximum absolute atomic E-state index is 15.7. The first kappa shape index (κ1) is 37.7. The molecular formula is C36H34ClF4N9O5. The topological polar surface area (TPSA) is 160 Å². The van der Waals surface area contributed by atoms with E-state index < -0.39 is 41.5 Å². The highest BCUT2D eigenvalue weighted by Crippen LogP contribution is 2.38. The van der Waals surface area contributed by atoms with Crippen molar-refractivity contribution in [2.24, 2.45) is 0 Å². The first-order valence-electron chi connectivity index (χ1n) is 17.3. The van der Waals surface area contributed by atoms with Crippen molar-refractivity contribution in [3.05, 3.63) is 91.6 Å². The van der Waals surface area contributed by atoms with Crippen LogP contribution in [-0.4, -0.2) is 84.2 Å². The number of hydrogen-bond donors (Lipinski definition) is 2. The number of amides is 2. The molecule has 1 aliphatic heterocycles. The van der Waals surface area contributed by atoms with Gasteiger partial charge in [0.05, 0.1) is 39.3 Å². The lowest BCUT2D eigenvalue weighted by atomic mass is 10.0. The summed E-state index contributed by atoms with van der Waals surface area (Å²) in [7, 11) is 1.55. The number of nitrogens with zero attached hydrogens (tertiary/aromatic N) is 8. The highest BCUT2D eigenvalue weighted by atomic mass is 35.5. The van der Waals surface area contributed by atoms with Gasteiger partial charge in [0.1, 0.15) is 24.4 Å². The number of fused-ring (bicyclic) bond motifs is 2. The summed E-state index contributed by atoms with van der Waals surface area (Å²) in [6.07, 6.45) is -2.23. The Labute approximate surface area is 315 Å². The first-order chi connectivity index (χ1) is 26.2. The Hall–Kier alpha value is -5.62. The number of piperazine rings is 1. The van der Waals surface area contributed by atoms with Crippen LogP contribution in [0, 0.1) is 12.7 Å². The molecule has 2 amide bonds. The van der Waals surface area contributed by atoms with Crippen LogP contribution in [0.1, 0.15) is 58.0 Å². The number of halogens is 5. The standard InChI is InChI=1S/C36H34ClF4N9O5/c1-4-26-30(47-9-11-48(12-10-47)33(53)29-31(52)18(2)42-17-43-29)34(54)50-35(45-32(46-50)22-13-19-5-8-27(55-3)21(19)15-24(22)38)49(26)16-28(51)44-25-7-6-20(14-23(25)37)36(39,40)41/h6-7,13-15,17,27,52H,4-5,8-12,16H2,1-3H3,(H,44,51). The van der Waals surface area contributed by atoms with Gasteiger partial charge in [0.15, 0.2) is 17.3 Å². The molecule has 5 aromatic rings. The van der Waals surface area contributed by atoms with Crippen molar-refractivity contribution in [1.82, 2.24) is 34.0 Å². The fourth-order valence-electron chi connectivity index (χ4n) is 7.08. The number of hydrogen-bond acceptors (Lipinski definition) is 10. The molecule has 14 nitrogen and oxygen atoms in total. The molecule has 2 N–H and O–H groups in total. The second-order valence-corrected chi connectivity index (χ2v) is 13.6. The third-order valence-electron chi connectivity index (χ3n) is 9.90. The van der Waals surface area contributed by atoms with Crippen molar-refractivity contribution in [1.29, 1.82) is 0 Å². The van der Waals surface area contributed by atoms with Gasteiger partial charge < -0.3 is 29.5 Å². The third kappa shape index (κ3) is 6.95. The number of nitrogens with one attached hydrogen (secondary N) is 1. The maximum atomic E-state index is 15.7. The van der Waals surface area contributed by atoms with E-state index in [0.717, 1.165) is 22.2 Å². The van der Waals surface area contributed by atoms with Gasteiger partial charge in [-0.25, -0.2) is 14.4 Å². The molecule has 1 aliphatic carbocycles. The zero-order chi connectivity index (χ0) is 39.3. The molecule has 3 aromatic heterocycles. The number of aryl methyl sites for hydroxylation is 2. The predicted octanol–water partition coefficient (Wildman–Crippen LogP) is 4.97. The third-order valence-corrected chi connectivity index (χ3v) is 10.2. The minimum atomic E-state index is -4.65. The van der Waals surface area contributed by atoms with E-state index in [9.17, 15) is 32.7 Å². The van der Waals surface area contributed by atoms with Gasteiger partial charge in [0.25, 0.3) is 11.5 Å². The van der Waals surface area contributed by atoms with Gasteiger partial charge in [-0.2, -0.15) is 22.7 Å². The number of methoxy groups -OCH3 is 1. The Kier molecular flexibility index (Phi) is 9.97. The summed E-state index contributed by atoms with van der Waals surface area (Å²) in [5.74, 6) is -2.36. The Balaban J connectivity index is 1.28. The number of aromatic hydroxyl groups is 1. The Morgan fingerprint density at radius 3 is 2.53 bits per heavy atom. The van der Waals surface area contributed by atoms with Gasteiger partial charge >= 0.3 is 6.18 Å². The number of rotatable bonds is 8. The van der Waals surface area contributed by atoms with Crippen molar-refractivity contribution < 1.29 is 37.0 Å². The predicted molar refractivity (Wildman–Crippen MR) is 192 cm³/mol. The lowest BCUT2D eigenvalue weighted by Crippen LogP contribution is -2.51. The highest BCUT2D eigenvalue weighted by Gasteiger charge is 2.33. The second kappa shape index (κ2) is 14.6. The van der Waals surface area contributed by atoms with Gasteiger partial charge in [-0.3, -0.25) is 14.4 Å². The largest absolute Gasteiger partial charge is 0.504 e. The summed E-state index contributed by atoms with van der Waals surface area (Å²) >= 11 is 6.13. The number of benzene rings is 2.